The highest BCUT2D eigenvalue weighted by molar-refractivity contribution is 6.30. The molecule has 118 valence electrons. The molecule has 0 amide bonds. The molecule has 2 aromatic carbocycles. The predicted molar refractivity (Wildman–Crippen MR) is 80.9 cm³/mol. The Kier molecular flexibility index (Phi) is 5.24. The summed E-state index contributed by atoms with van der Waals surface area (Å²) in [5, 5.41) is 18.9. The SMILES string of the molecule is COc1cc(OC)c(C(O)O)cc1Cc1cccc(Cl)c1F. The van der Waals surface area contributed by atoms with Crippen LogP contribution in [0.2, 0.25) is 5.02 Å². The number of aliphatic hydroxyl groups is 2. The summed E-state index contributed by atoms with van der Waals surface area (Å²) in [6.45, 7) is 0. The molecule has 0 radical (unpaired) electrons. The first-order valence-corrected chi connectivity index (χ1v) is 6.89. The first-order valence-electron chi connectivity index (χ1n) is 6.51. The van der Waals surface area contributed by atoms with Crippen LogP contribution in [-0.2, 0) is 6.42 Å². The van der Waals surface area contributed by atoms with Crippen molar-refractivity contribution >= 4 is 11.6 Å². The zero-order chi connectivity index (χ0) is 16.3. The van der Waals surface area contributed by atoms with Crippen molar-refractivity contribution in [1.29, 1.82) is 0 Å². The number of benzene rings is 2. The van der Waals surface area contributed by atoms with Gasteiger partial charge in [0, 0.05) is 18.1 Å². The first kappa shape index (κ1) is 16.5. The van der Waals surface area contributed by atoms with Crippen LogP contribution >= 0.6 is 11.6 Å². The third-order valence-corrected chi connectivity index (χ3v) is 3.62. The lowest BCUT2D eigenvalue weighted by atomic mass is 10.00. The maximum Gasteiger partial charge on any atom is 0.182 e. The van der Waals surface area contributed by atoms with Crippen LogP contribution in [0.25, 0.3) is 0 Å². The average Bonchev–Trinajstić information content (AvgIpc) is 2.51. The molecule has 0 atom stereocenters. The second-order valence-corrected chi connectivity index (χ2v) is 5.08. The number of hydrogen-bond donors (Lipinski definition) is 2. The molecule has 2 rings (SSSR count). The van der Waals surface area contributed by atoms with Gasteiger partial charge in [0.2, 0.25) is 0 Å². The van der Waals surface area contributed by atoms with E-state index in [9.17, 15) is 14.6 Å². The maximum atomic E-state index is 14.0. The van der Waals surface area contributed by atoms with Gasteiger partial charge in [0.05, 0.1) is 19.2 Å². The van der Waals surface area contributed by atoms with E-state index in [1.807, 2.05) is 0 Å². The lowest BCUT2D eigenvalue weighted by molar-refractivity contribution is -0.0439. The molecule has 0 aliphatic heterocycles. The molecule has 0 aliphatic carbocycles. The summed E-state index contributed by atoms with van der Waals surface area (Å²) in [5.74, 6) is 0.232. The molecule has 0 fully saturated rings. The van der Waals surface area contributed by atoms with Gasteiger partial charge in [-0.15, -0.1) is 0 Å². The molecule has 0 bridgehead atoms. The quantitative estimate of drug-likeness (QED) is 0.829. The lowest BCUT2D eigenvalue weighted by Crippen LogP contribution is -2.04. The monoisotopic (exact) mass is 326 g/mol. The molecule has 6 heteroatoms. The highest BCUT2D eigenvalue weighted by Gasteiger charge is 2.17. The Hall–Kier alpha value is -1.82. The molecule has 2 N–H and O–H groups in total. The first-order chi connectivity index (χ1) is 10.5. The Morgan fingerprint density at radius 2 is 1.77 bits per heavy atom. The number of aliphatic hydroxyl groups excluding tert-OH is 1. The van der Waals surface area contributed by atoms with E-state index in [0.717, 1.165) is 0 Å². The minimum Gasteiger partial charge on any atom is -0.496 e. The number of hydrogen-bond acceptors (Lipinski definition) is 4. The molecule has 2 aromatic rings. The van der Waals surface area contributed by atoms with E-state index in [4.69, 9.17) is 21.1 Å². The van der Waals surface area contributed by atoms with Gasteiger partial charge >= 0.3 is 0 Å². The van der Waals surface area contributed by atoms with E-state index in [1.54, 1.807) is 12.1 Å². The predicted octanol–water partition coefficient (Wildman–Crippen LogP) is 3.07. The second-order valence-electron chi connectivity index (χ2n) is 4.67. The summed E-state index contributed by atoms with van der Waals surface area (Å²) >= 11 is 5.78. The molecule has 0 aliphatic rings. The van der Waals surface area contributed by atoms with Crippen LogP contribution in [0.1, 0.15) is 23.0 Å². The molecule has 0 saturated heterocycles. The molecule has 0 spiro atoms. The van der Waals surface area contributed by atoms with Crippen molar-refractivity contribution in [3.05, 3.63) is 57.9 Å². The van der Waals surface area contributed by atoms with E-state index < -0.39 is 12.1 Å². The van der Waals surface area contributed by atoms with Gasteiger partial charge in [0.15, 0.2) is 6.29 Å². The summed E-state index contributed by atoms with van der Waals surface area (Å²) in [7, 11) is 2.89. The Morgan fingerprint density at radius 3 is 2.36 bits per heavy atom. The Bertz CT molecular complexity index is 673. The normalized spacial score (nSPS) is 10.9. The van der Waals surface area contributed by atoms with E-state index >= 15 is 0 Å². The number of ether oxygens (including phenoxy) is 2. The smallest absolute Gasteiger partial charge is 0.182 e. The third kappa shape index (κ3) is 3.32. The van der Waals surface area contributed by atoms with Crippen molar-refractivity contribution in [3.63, 3.8) is 0 Å². The molecule has 0 unspecified atom stereocenters. The van der Waals surface area contributed by atoms with Crippen molar-refractivity contribution in [3.8, 4) is 11.5 Å². The average molecular weight is 327 g/mol. The van der Waals surface area contributed by atoms with Crippen molar-refractivity contribution in [2.45, 2.75) is 12.7 Å². The van der Waals surface area contributed by atoms with E-state index in [-0.39, 0.29) is 22.8 Å². The second kappa shape index (κ2) is 6.96. The maximum absolute atomic E-state index is 14.0. The van der Waals surface area contributed by atoms with E-state index in [0.29, 0.717) is 16.9 Å². The number of methoxy groups -OCH3 is 2. The molecular weight excluding hydrogens is 311 g/mol. The Balaban J connectivity index is 2.49. The van der Waals surface area contributed by atoms with Crippen molar-refractivity contribution in [2.24, 2.45) is 0 Å². The number of rotatable bonds is 5. The minimum atomic E-state index is -1.70. The molecule has 22 heavy (non-hydrogen) atoms. The summed E-state index contributed by atoms with van der Waals surface area (Å²) in [6, 6.07) is 7.78. The highest BCUT2D eigenvalue weighted by Crippen LogP contribution is 2.34. The minimum absolute atomic E-state index is 0.0346. The van der Waals surface area contributed by atoms with Crippen LogP contribution in [0.3, 0.4) is 0 Å². The molecule has 0 saturated carbocycles. The van der Waals surface area contributed by atoms with Gasteiger partial charge in [0.25, 0.3) is 0 Å². The van der Waals surface area contributed by atoms with Gasteiger partial charge < -0.3 is 19.7 Å². The van der Waals surface area contributed by atoms with Gasteiger partial charge in [-0.05, 0) is 23.3 Å². The fraction of sp³-hybridized carbons (Fsp3) is 0.250. The molecule has 0 heterocycles. The highest BCUT2D eigenvalue weighted by atomic mass is 35.5. The largest absolute Gasteiger partial charge is 0.496 e. The summed E-state index contributed by atoms with van der Waals surface area (Å²) in [5.41, 5.74) is 1.16. The third-order valence-electron chi connectivity index (χ3n) is 3.32. The Labute approximate surface area is 132 Å². The molecule has 0 aromatic heterocycles. The van der Waals surface area contributed by atoms with Crippen molar-refractivity contribution in [2.75, 3.05) is 14.2 Å². The van der Waals surface area contributed by atoms with E-state index in [1.165, 1.54) is 32.4 Å². The van der Waals surface area contributed by atoms with Crippen LogP contribution in [0, 0.1) is 5.82 Å². The summed E-state index contributed by atoms with van der Waals surface area (Å²) < 4.78 is 24.4. The molecule has 4 nitrogen and oxygen atoms in total. The topological polar surface area (TPSA) is 58.9 Å². The molecular formula is C16H16ClFO4. The zero-order valence-electron chi connectivity index (χ0n) is 12.1. The van der Waals surface area contributed by atoms with E-state index in [2.05, 4.69) is 0 Å². The van der Waals surface area contributed by atoms with Crippen molar-refractivity contribution < 1.29 is 24.1 Å². The van der Waals surface area contributed by atoms with Gasteiger partial charge in [0.1, 0.15) is 17.3 Å². The lowest BCUT2D eigenvalue weighted by Gasteiger charge is -2.16. The van der Waals surface area contributed by atoms with Crippen LogP contribution < -0.4 is 9.47 Å². The summed E-state index contributed by atoms with van der Waals surface area (Å²) in [4.78, 5) is 0. The van der Waals surface area contributed by atoms with Gasteiger partial charge in [-0.25, -0.2) is 4.39 Å². The fourth-order valence-electron chi connectivity index (χ4n) is 2.22. The van der Waals surface area contributed by atoms with Gasteiger partial charge in [-0.3, -0.25) is 0 Å². The van der Waals surface area contributed by atoms with Gasteiger partial charge in [-0.1, -0.05) is 23.7 Å². The van der Waals surface area contributed by atoms with Gasteiger partial charge in [-0.2, -0.15) is 0 Å². The Morgan fingerprint density at radius 1 is 1.09 bits per heavy atom. The van der Waals surface area contributed by atoms with Crippen LogP contribution in [0.15, 0.2) is 30.3 Å². The van der Waals surface area contributed by atoms with Crippen LogP contribution in [0.4, 0.5) is 4.39 Å². The fourth-order valence-corrected chi connectivity index (χ4v) is 2.42. The van der Waals surface area contributed by atoms with Crippen molar-refractivity contribution in [1.82, 2.24) is 0 Å². The summed E-state index contributed by atoms with van der Waals surface area (Å²) in [6.07, 6.45) is -1.51. The standard InChI is InChI=1S/C16H16ClFO4/c1-21-13-8-14(22-2)11(16(19)20)7-10(13)6-9-4-3-5-12(17)15(9)18/h3-5,7-8,16,19-20H,6H2,1-2H3. The van der Waals surface area contributed by atoms with Crippen LogP contribution in [0.5, 0.6) is 11.5 Å². The zero-order valence-corrected chi connectivity index (χ0v) is 12.9. The van der Waals surface area contributed by atoms with Crippen LogP contribution in [-0.4, -0.2) is 24.4 Å². The number of halogens is 2.